The maximum atomic E-state index is 5.40. The molecule has 0 bridgehead atoms. The lowest BCUT2D eigenvalue weighted by molar-refractivity contribution is 0.122. The number of methoxy groups -OCH3 is 2. The number of rotatable bonds is 6. The molecule has 0 spiro atoms. The summed E-state index contributed by atoms with van der Waals surface area (Å²) in [5.41, 5.74) is 3.60. The number of anilines is 2. The zero-order valence-corrected chi connectivity index (χ0v) is 17.9. The van der Waals surface area contributed by atoms with Gasteiger partial charge in [0, 0.05) is 23.1 Å². The normalized spacial score (nSPS) is 14.4. The lowest BCUT2D eigenvalue weighted by atomic mass is 10.2. The third-order valence-corrected chi connectivity index (χ3v) is 4.74. The lowest BCUT2D eigenvalue weighted by Crippen LogP contribution is -2.37. The minimum absolute atomic E-state index is 0.215. The number of hydrogen-bond acceptors (Lipinski definition) is 9. The summed E-state index contributed by atoms with van der Waals surface area (Å²) in [5, 5.41) is 4.22. The van der Waals surface area contributed by atoms with Gasteiger partial charge in [-0.1, -0.05) is 15.9 Å². The van der Waals surface area contributed by atoms with Crippen LogP contribution in [0.1, 0.15) is 5.56 Å². The van der Waals surface area contributed by atoms with Crippen molar-refractivity contribution in [3.05, 3.63) is 26.6 Å². The van der Waals surface area contributed by atoms with E-state index in [1.165, 1.54) is 7.11 Å². The topological polar surface area (TPSA) is 94.0 Å². The van der Waals surface area contributed by atoms with E-state index in [1.54, 1.807) is 13.3 Å². The standard InChI is InChI=1S/C16H18Br2N6O3/c1-25-13-10(7-11(17)8-12(13)18)9-19-23-14-20-15(22-16(21-14)26-2)24-3-5-27-6-4-24/h7-9H,3-6H2,1-2H3,(H,20,21,22,23)/b19-9-. The first-order valence-corrected chi connectivity index (χ1v) is 9.64. The number of ether oxygens (including phenoxy) is 3. The first kappa shape index (κ1) is 19.8. The summed E-state index contributed by atoms with van der Waals surface area (Å²) >= 11 is 6.92. The van der Waals surface area contributed by atoms with Crippen LogP contribution in [0.5, 0.6) is 11.8 Å². The molecular formula is C16H18Br2N6O3. The van der Waals surface area contributed by atoms with Crippen LogP contribution in [0.3, 0.4) is 0 Å². The number of nitrogens with zero attached hydrogens (tertiary/aromatic N) is 5. The summed E-state index contributed by atoms with van der Waals surface area (Å²) in [6.07, 6.45) is 1.62. The Hall–Kier alpha value is -1.98. The van der Waals surface area contributed by atoms with Crippen molar-refractivity contribution < 1.29 is 14.2 Å². The Morgan fingerprint density at radius 2 is 1.93 bits per heavy atom. The van der Waals surface area contributed by atoms with E-state index in [0.29, 0.717) is 38.0 Å². The predicted octanol–water partition coefficient (Wildman–Crippen LogP) is 2.70. The second kappa shape index (κ2) is 9.29. The molecule has 2 aromatic rings. The van der Waals surface area contributed by atoms with Gasteiger partial charge in [-0.05, 0) is 28.1 Å². The molecule has 27 heavy (non-hydrogen) atoms. The molecule has 1 aromatic carbocycles. The maximum absolute atomic E-state index is 5.40. The van der Waals surface area contributed by atoms with E-state index in [2.05, 4.69) is 57.3 Å². The molecule has 3 rings (SSSR count). The largest absolute Gasteiger partial charge is 0.495 e. The monoisotopic (exact) mass is 500 g/mol. The quantitative estimate of drug-likeness (QED) is 0.477. The van der Waals surface area contributed by atoms with Gasteiger partial charge >= 0.3 is 6.01 Å². The van der Waals surface area contributed by atoms with Gasteiger partial charge in [-0.3, -0.25) is 0 Å². The maximum Gasteiger partial charge on any atom is 0.322 e. The minimum atomic E-state index is 0.215. The van der Waals surface area contributed by atoms with E-state index < -0.39 is 0 Å². The van der Waals surface area contributed by atoms with Crippen LogP contribution in [0.25, 0.3) is 0 Å². The van der Waals surface area contributed by atoms with E-state index in [0.717, 1.165) is 14.5 Å². The number of hydrazone groups is 1. The molecule has 0 unspecified atom stereocenters. The van der Waals surface area contributed by atoms with Crippen molar-refractivity contribution in [2.75, 3.05) is 50.8 Å². The van der Waals surface area contributed by atoms with Crippen molar-refractivity contribution in [3.8, 4) is 11.8 Å². The number of halogens is 2. The summed E-state index contributed by atoms with van der Waals surface area (Å²) < 4.78 is 17.7. The van der Waals surface area contributed by atoms with Crippen molar-refractivity contribution in [2.45, 2.75) is 0 Å². The van der Waals surface area contributed by atoms with Crippen molar-refractivity contribution >= 4 is 50.0 Å². The van der Waals surface area contributed by atoms with E-state index in [9.17, 15) is 0 Å². The highest BCUT2D eigenvalue weighted by Crippen LogP contribution is 2.31. The van der Waals surface area contributed by atoms with Gasteiger partial charge < -0.3 is 19.1 Å². The van der Waals surface area contributed by atoms with Crippen LogP contribution in [0, 0.1) is 0 Å². The zero-order chi connectivity index (χ0) is 19.2. The van der Waals surface area contributed by atoms with Gasteiger partial charge in [-0.25, -0.2) is 5.43 Å². The molecule has 1 aliphatic heterocycles. The summed E-state index contributed by atoms with van der Waals surface area (Å²) in [5.74, 6) is 1.48. The Balaban J connectivity index is 1.80. The molecule has 1 aliphatic rings. The number of morpholine rings is 1. The van der Waals surface area contributed by atoms with Gasteiger partial charge in [0.2, 0.25) is 5.95 Å². The van der Waals surface area contributed by atoms with Crippen molar-refractivity contribution in [1.29, 1.82) is 0 Å². The minimum Gasteiger partial charge on any atom is -0.495 e. The second-order valence-electron chi connectivity index (χ2n) is 5.43. The third kappa shape index (κ3) is 5.05. The second-order valence-corrected chi connectivity index (χ2v) is 7.20. The molecular weight excluding hydrogens is 484 g/mol. The van der Waals surface area contributed by atoms with Crippen LogP contribution < -0.4 is 19.8 Å². The highest BCUT2D eigenvalue weighted by atomic mass is 79.9. The van der Waals surface area contributed by atoms with Crippen LogP contribution >= 0.6 is 31.9 Å². The Kier molecular flexibility index (Phi) is 6.80. The first-order chi connectivity index (χ1) is 13.1. The fourth-order valence-electron chi connectivity index (χ4n) is 2.44. The average molecular weight is 502 g/mol. The molecule has 0 atom stereocenters. The van der Waals surface area contributed by atoms with Crippen LogP contribution in [0.4, 0.5) is 11.9 Å². The molecule has 1 saturated heterocycles. The van der Waals surface area contributed by atoms with E-state index in [-0.39, 0.29) is 12.0 Å². The molecule has 0 saturated carbocycles. The molecule has 1 aromatic heterocycles. The molecule has 1 N–H and O–H groups in total. The lowest BCUT2D eigenvalue weighted by Gasteiger charge is -2.26. The van der Waals surface area contributed by atoms with E-state index >= 15 is 0 Å². The van der Waals surface area contributed by atoms with Crippen LogP contribution in [-0.2, 0) is 4.74 Å². The molecule has 0 aliphatic carbocycles. The number of aromatic nitrogens is 3. The molecule has 11 heteroatoms. The predicted molar refractivity (Wildman–Crippen MR) is 109 cm³/mol. The van der Waals surface area contributed by atoms with Crippen molar-refractivity contribution in [2.24, 2.45) is 5.10 Å². The summed E-state index contributed by atoms with van der Waals surface area (Å²) in [4.78, 5) is 14.9. The summed E-state index contributed by atoms with van der Waals surface area (Å²) in [7, 11) is 3.11. The number of nitrogens with one attached hydrogen (secondary N) is 1. The molecule has 0 amide bonds. The smallest absolute Gasteiger partial charge is 0.322 e. The van der Waals surface area contributed by atoms with Crippen molar-refractivity contribution in [3.63, 3.8) is 0 Å². The number of benzene rings is 1. The molecule has 0 radical (unpaired) electrons. The Bertz CT molecular complexity index is 830. The van der Waals surface area contributed by atoms with Crippen LogP contribution in [0.2, 0.25) is 0 Å². The van der Waals surface area contributed by atoms with Gasteiger partial charge in [0.15, 0.2) is 0 Å². The molecule has 1 fully saturated rings. The van der Waals surface area contributed by atoms with Gasteiger partial charge in [-0.2, -0.15) is 20.1 Å². The van der Waals surface area contributed by atoms with Gasteiger partial charge in [0.05, 0.1) is 38.1 Å². The van der Waals surface area contributed by atoms with E-state index in [4.69, 9.17) is 14.2 Å². The highest BCUT2D eigenvalue weighted by molar-refractivity contribution is 9.11. The zero-order valence-electron chi connectivity index (χ0n) is 14.8. The molecule has 144 valence electrons. The SMILES string of the molecule is COc1nc(N/N=C\c2cc(Br)cc(Br)c2OC)nc(N2CCOCC2)n1. The fraction of sp³-hybridized carbons (Fsp3) is 0.375. The van der Waals surface area contributed by atoms with Gasteiger partial charge in [-0.15, -0.1) is 0 Å². The summed E-state index contributed by atoms with van der Waals surface area (Å²) in [6.45, 7) is 2.68. The Morgan fingerprint density at radius 3 is 2.63 bits per heavy atom. The Labute approximate surface area is 173 Å². The number of hydrogen-bond donors (Lipinski definition) is 1. The van der Waals surface area contributed by atoms with Gasteiger partial charge in [0.25, 0.3) is 5.95 Å². The summed E-state index contributed by atoms with van der Waals surface area (Å²) in [6, 6.07) is 4.00. The van der Waals surface area contributed by atoms with Crippen LogP contribution in [-0.4, -0.2) is 61.7 Å². The average Bonchev–Trinajstić information content (AvgIpc) is 2.68. The Morgan fingerprint density at radius 1 is 1.15 bits per heavy atom. The molecule has 9 nitrogen and oxygen atoms in total. The fourth-order valence-corrected chi connectivity index (χ4v) is 3.86. The van der Waals surface area contributed by atoms with Gasteiger partial charge in [0.1, 0.15) is 5.75 Å². The van der Waals surface area contributed by atoms with Crippen molar-refractivity contribution in [1.82, 2.24) is 15.0 Å². The molecule has 2 heterocycles. The first-order valence-electron chi connectivity index (χ1n) is 8.05. The van der Waals surface area contributed by atoms with Crippen LogP contribution in [0.15, 0.2) is 26.2 Å². The third-order valence-electron chi connectivity index (χ3n) is 3.69. The highest BCUT2D eigenvalue weighted by Gasteiger charge is 2.16. The van der Waals surface area contributed by atoms with E-state index in [1.807, 2.05) is 17.0 Å².